The fourth-order valence-corrected chi connectivity index (χ4v) is 4.67. The van der Waals surface area contributed by atoms with Gasteiger partial charge in [-0.1, -0.05) is 24.3 Å². The highest BCUT2D eigenvalue weighted by Gasteiger charge is 2.48. The molecule has 1 aliphatic rings. The molecule has 0 bridgehead atoms. The zero-order valence-corrected chi connectivity index (χ0v) is 18.5. The second kappa shape index (κ2) is 8.76. The maximum atomic E-state index is 13.3. The van der Waals surface area contributed by atoms with Gasteiger partial charge < -0.3 is 19.3 Å². The van der Waals surface area contributed by atoms with Gasteiger partial charge in [0.1, 0.15) is 34.6 Å². The number of thiophene rings is 1. The lowest BCUT2D eigenvalue weighted by Crippen LogP contribution is -2.29. The van der Waals surface area contributed by atoms with Crippen molar-refractivity contribution in [2.75, 3.05) is 26.2 Å². The minimum absolute atomic E-state index is 0.0499. The molecule has 32 heavy (non-hydrogen) atoms. The molecule has 2 aromatic carbocycles. The summed E-state index contributed by atoms with van der Waals surface area (Å²) in [6, 6.07) is 14.7. The molecule has 1 amide bonds. The van der Waals surface area contributed by atoms with Crippen LogP contribution >= 0.6 is 11.3 Å². The topological polar surface area (TPSA) is 85.3 Å². The first-order chi connectivity index (χ1) is 15.5. The number of methoxy groups -OCH3 is 3. The summed E-state index contributed by atoms with van der Waals surface area (Å²) in [4.78, 5) is 28.6. The van der Waals surface area contributed by atoms with Crippen molar-refractivity contribution in [1.29, 1.82) is 0 Å². The largest absolute Gasteiger partial charge is 0.506 e. The molecule has 0 aliphatic carbocycles. The minimum Gasteiger partial charge on any atom is -0.506 e. The van der Waals surface area contributed by atoms with Crippen LogP contribution in [0, 0.1) is 0 Å². The van der Waals surface area contributed by atoms with Crippen LogP contribution in [-0.2, 0) is 9.59 Å². The Kier molecular flexibility index (Phi) is 5.87. The summed E-state index contributed by atoms with van der Waals surface area (Å²) in [5.74, 6) is -0.868. The molecule has 3 aromatic rings. The molecule has 1 N–H and O–H groups in total. The molecule has 164 valence electrons. The Balaban J connectivity index is 2.01. The van der Waals surface area contributed by atoms with Crippen LogP contribution in [0.15, 0.2) is 65.6 Å². The minimum atomic E-state index is -0.846. The SMILES string of the molecule is COc1ccccc1N1C(=O)C(=O)/C(=C(/O)c2c(OC)cccc2OC)C1c1cccs1. The zero-order chi connectivity index (χ0) is 22.8. The van der Waals surface area contributed by atoms with Crippen LogP contribution in [0.1, 0.15) is 16.5 Å². The monoisotopic (exact) mass is 451 g/mol. The van der Waals surface area contributed by atoms with Gasteiger partial charge in [-0.2, -0.15) is 0 Å². The van der Waals surface area contributed by atoms with Crippen molar-refractivity contribution in [2.45, 2.75) is 6.04 Å². The fraction of sp³-hybridized carbons (Fsp3) is 0.167. The van der Waals surface area contributed by atoms with Gasteiger partial charge in [-0.25, -0.2) is 0 Å². The average molecular weight is 452 g/mol. The molecule has 8 heteroatoms. The average Bonchev–Trinajstić information content (AvgIpc) is 3.45. The Morgan fingerprint density at radius 3 is 2.09 bits per heavy atom. The lowest BCUT2D eigenvalue weighted by Gasteiger charge is -2.25. The van der Waals surface area contributed by atoms with Crippen molar-refractivity contribution < 1.29 is 28.9 Å². The van der Waals surface area contributed by atoms with E-state index in [1.165, 1.54) is 37.6 Å². The Labute approximate surface area is 189 Å². The predicted molar refractivity (Wildman–Crippen MR) is 122 cm³/mol. The number of aliphatic hydroxyl groups is 1. The van der Waals surface area contributed by atoms with Gasteiger partial charge in [0.25, 0.3) is 11.7 Å². The number of ether oxygens (including phenoxy) is 3. The Bertz CT molecular complexity index is 1180. The van der Waals surface area contributed by atoms with Gasteiger partial charge in [0.05, 0.1) is 32.6 Å². The van der Waals surface area contributed by atoms with Gasteiger partial charge >= 0.3 is 0 Å². The number of benzene rings is 2. The second-order valence-corrected chi connectivity index (χ2v) is 7.87. The molecular weight excluding hydrogens is 430 g/mol. The van der Waals surface area contributed by atoms with E-state index in [9.17, 15) is 14.7 Å². The number of amides is 1. The van der Waals surface area contributed by atoms with E-state index < -0.39 is 17.7 Å². The van der Waals surface area contributed by atoms with Gasteiger partial charge in [0.2, 0.25) is 0 Å². The van der Waals surface area contributed by atoms with Gasteiger partial charge in [0.15, 0.2) is 0 Å². The lowest BCUT2D eigenvalue weighted by molar-refractivity contribution is -0.132. The molecule has 1 aromatic heterocycles. The number of para-hydroxylation sites is 2. The maximum Gasteiger partial charge on any atom is 0.300 e. The van der Waals surface area contributed by atoms with Crippen LogP contribution in [-0.4, -0.2) is 38.1 Å². The molecule has 7 nitrogen and oxygen atoms in total. The first-order valence-electron chi connectivity index (χ1n) is 9.72. The third-order valence-corrected chi connectivity index (χ3v) is 6.19. The number of Topliss-reactive ketones (excluding diaryl/α,β-unsaturated/α-hetero) is 1. The summed E-state index contributed by atoms with van der Waals surface area (Å²) in [7, 11) is 4.40. The van der Waals surface area contributed by atoms with Crippen molar-refractivity contribution in [3.63, 3.8) is 0 Å². The molecule has 0 saturated carbocycles. The summed E-state index contributed by atoms with van der Waals surface area (Å²) in [6.07, 6.45) is 0. The van der Waals surface area contributed by atoms with Gasteiger partial charge in [0, 0.05) is 4.88 Å². The third-order valence-electron chi connectivity index (χ3n) is 5.27. The quantitative estimate of drug-likeness (QED) is 0.340. The van der Waals surface area contributed by atoms with Crippen molar-refractivity contribution in [3.8, 4) is 17.2 Å². The number of carbonyl (C=O) groups excluding carboxylic acids is 2. The molecule has 2 heterocycles. The first kappa shape index (κ1) is 21.5. The van der Waals surface area contributed by atoms with E-state index >= 15 is 0 Å². The molecule has 1 aliphatic heterocycles. The third kappa shape index (κ3) is 3.38. The lowest BCUT2D eigenvalue weighted by atomic mass is 9.98. The molecule has 0 radical (unpaired) electrons. The molecule has 1 atom stereocenters. The van der Waals surface area contributed by atoms with Crippen LogP contribution in [0.5, 0.6) is 17.2 Å². The molecule has 4 rings (SSSR count). The number of ketones is 1. The van der Waals surface area contributed by atoms with Crippen molar-refractivity contribution in [1.82, 2.24) is 0 Å². The number of hydrogen-bond donors (Lipinski definition) is 1. The highest BCUT2D eigenvalue weighted by molar-refractivity contribution is 7.10. The molecule has 0 spiro atoms. The summed E-state index contributed by atoms with van der Waals surface area (Å²) in [5.41, 5.74) is 0.588. The summed E-state index contributed by atoms with van der Waals surface area (Å²) in [5, 5.41) is 13.2. The smallest absolute Gasteiger partial charge is 0.300 e. The number of aliphatic hydroxyl groups excluding tert-OH is 1. The summed E-state index contributed by atoms with van der Waals surface area (Å²) in [6.45, 7) is 0. The Hall–Kier alpha value is -3.78. The Morgan fingerprint density at radius 2 is 1.50 bits per heavy atom. The summed E-state index contributed by atoms with van der Waals surface area (Å²) >= 11 is 1.38. The Morgan fingerprint density at radius 1 is 0.875 bits per heavy atom. The van der Waals surface area contributed by atoms with E-state index in [1.807, 2.05) is 17.5 Å². The zero-order valence-electron chi connectivity index (χ0n) is 17.7. The van der Waals surface area contributed by atoms with Crippen molar-refractivity contribution >= 4 is 34.5 Å². The van der Waals surface area contributed by atoms with Crippen molar-refractivity contribution in [3.05, 3.63) is 76.0 Å². The number of rotatable bonds is 6. The number of anilines is 1. The van der Waals surface area contributed by atoms with Gasteiger partial charge in [-0.3, -0.25) is 14.5 Å². The van der Waals surface area contributed by atoms with E-state index in [2.05, 4.69) is 0 Å². The molecule has 1 saturated heterocycles. The maximum absolute atomic E-state index is 13.3. The van der Waals surface area contributed by atoms with E-state index in [0.717, 1.165) is 0 Å². The fourth-order valence-electron chi connectivity index (χ4n) is 3.85. The molecule has 1 fully saturated rings. The van der Waals surface area contributed by atoms with Crippen LogP contribution in [0.3, 0.4) is 0 Å². The number of hydrogen-bond acceptors (Lipinski definition) is 7. The molecule has 1 unspecified atom stereocenters. The van der Waals surface area contributed by atoms with E-state index in [4.69, 9.17) is 14.2 Å². The second-order valence-electron chi connectivity index (χ2n) is 6.89. The molecular formula is C24H21NO6S. The predicted octanol–water partition coefficient (Wildman–Crippen LogP) is 4.40. The van der Waals surface area contributed by atoms with E-state index in [-0.39, 0.29) is 16.9 Å². The summed E-state index contributed by atoms with van der Waals surface area (Å²) < 4.78 is 16.2. The van der Waals surface area contributed by atoms with Gasteiger partial charge in [-0.15, -0.1) is 11.3 Å². The van der Waals surface area contributed by atoms with Crippen molar-refractivity contribution in [2.24, 2.45) is 0 Å². The number of carbonyl (C=O) groups is 2. The number of nitrogens with zero attached hydrogens (tertiary/aromatic N) is 1. The van der Waals surface area contributed by atoms with Crippen LogP contribution < -0.4 is 19.1 Å². The van der Waals surface area contributed by atoms with Crippen LogP contribution in [0.25, 0.3) is 5.76 Å². The van der Waals surface area contributed by atoms with E-state index in [1.54, 1.807) is 42.5 Å². The van der Waals surface area contributed by atoms with Crippen LogP contribution in [0.2, 0.25) is 0 Å². The normalized spacial score (nSPS) is 17.5. The van der Waals surface area contributed by atoms with E-state index in [0.29, 0.717) is 27.8 Å². The highest BCUT2D eigenvalue weighted by Crippen LogP contribution is 2.47. The van der Waals surface area contributed by atoms with Crippen LogP contribution in [0.4, 0.5) is 5.69 Å². The first-order valence-corrected chi connectivity index (χ1v) is 10.6. The highest BCUT2D eigenvalue weighted by atomic mass is 32.1. The van der Waals surface area contributed by atoms with Gasteiger partial charge in [-0.05, 0) is 35.7 Å². The standard InChI is InChI=1S/C24H21NO6S/c1-29-15-9-5-4-8-14(15)25-21(18-12-7-13-32-18)20(23(27)24(25)28)22(26)19-16(30-2)10-6-11-17(19)31-3/h4-13,21,26H,1-3H3/b22-20+.